The number of ketones is 1. The van der Waals surface area contributed by atoms with Gasteiger partial charge in [-0.1, -0.05) is 109 Å². The number of carbonyl (C=O) groups is 7. The molecule has 0 saturated carbocycles. The summed E-state index contributed by atoms with van der Waals surface area (Å²) in [5.41, 5.74) is 4.53. The second-order valence-corrected chi connectivity index (χ2v) is 20.8. The number of hydrogen-bond acceptors (Lipinski definition) is 19. The fraction of sp³-hybridized carbons (Fsp3) is 0.435. The van der Waals surface area contributed by atoms with E-state index in [4.69, 9.17) is 0 Å². The molecule has 3 aromatic carbocycles. The molecule has 25 nitrogen and oxygen atoms in total. The van der Waals surface area contributed by atoms with E-state index >= 15 is 0 Å². The van der Waals surface area contributed by atoms with Gasteiger partial charge in [0.15, 0.2) is 40.3 Å². The SMILES string of the molecule is C=C(O)C(C)C(C/C=C/CC)C(=O)NC(CO)C(=O)CNCc1ccc(O)c(O)c1O.C=C(O)C(C)C(C/C=C/CC)C(=O)NNC(C)(Cc1ccc(O)c(O)c1)C(=O)O.CC/C=C/CC(C(=O)N[C@H](Cc1ccc(O)c(O)c1)C(=O)O)C(C)C(=O)O. The number of aliphatic carboxylic acids is 3. The van der Waals surface area contributed by atoms with Crippen LogP contribution in [-0.4, -0.2) is 139 Å². The highest BCUT2D eigenvalue weighted by Gasteiger charge is 2.37. The second-order valence-electron chi connectivity index (χ2n) is 20.8. The van der Waals surface area contributed by atoms with Gasteiger partial charge in [-0.05, 0) is 86.9 Å². The van der Waals surface area contributed by atoms with Crippen LogP contribution in [0.2, 0.25) is 0 Å². The molecule has 0 saturated heterocycles. The van der Waals surface area contributed by atoms with E-state index in [2.05, 4.69) is 40.0 Å². The molecule has 0 aromatic heterocycles. The fourth-order valence-electron chi connectivity index (χ4n) is 8.15. The van der Waals surface area contributed by atoms with E-state index < -0.39 is 124 Å². The molecule has 3 aromatic rings. The van der Waals surface area contributed by atoms with Gasteiger partial charge in [0.1, 0.15) is 17.6 Å². The third kappa shape index (κ3) is 25.6. The lowest BCUT2D eigenvalue weighted by Gasteiger charge is -2.29. The van der Waals surface area contributed by atoms with Crippen LogP contribution in [0.3, 0.4) is 0 Å². The summed E-state index contributed by atoms with van der Waals surface area (Å²) in [7, 11) is 0. The number of carbonyl (C=O) groups excluding carboxylic acids is 4. The minimum atomic E-state index is -1.58. The van der Waals surface area contributed by atoms with Crippen LogP contribution in [0, 0.1) is 35.5 Å². The summed E-state index contributed by atoms with van der Waals surface area (Å²) in [5.74, 6) is -13.4. The van der Waals surface area contributed by atoms with Gasteiger partial charge in [-0.2, -0.15) is 0 Å². The topological polar surface area (TPSA) is 443 Å². The van der Waals surface area contributed by atoms with Crippen LogP contribution in [0.25, 0.3) is 0 Å². The van der Waals surface area contributed by atoms with Crippen molar-refractivity contribution in [3.8, 4) is 40.2 Å². The van der Waals surface area contributed by atoms with Gasteiger partial charge in [0.25, 0.3) is 0 Å². The third-order valence-corrected chi connectivity index (χ3v) is 14.0. The molecule has 18 N–H and O–H groups in total. The number of aliphatic hydroxyl groups is 3. The van der Waals surface area contributed by atoms with Crippen molar-refractivity contribution in [3.63, 3.8) is 0 Å². The Morgan fingerprint density at radius 3 is 1.40 bits per heavy atom. The monoisotopic (exact) mass is 1220 g/mol. The number of Topliss-reactive ketones (excluding diaryl/α,β-unsaturated/α-hetero) is 1. The Bertz CT molecular complexity index is 2910. The molecule has 480 valence electrons. The van der Waals surface area contributed by atoms with Crippen LogP contribution in [0.1, 0.15) is 104 Å². The molecule has 0 bridgehead atoms. The van der Waals surface area contributed by atoms with Gasteiger partial charge in [-0.25, -0.2) is 10.2 Å². The lowest BCUT2D eigenvalue weighted by atomic mass is 9.88. The Kier molecular flexibility index (Phi) is 33.2. The number of aliphatic hydroxyl groups excluding tert-OH is 3. The number of rotatable bonds is 34. The minimum Gasteiger partial charge on any atom is -0.513 e. The van der Waals surface area contributed by atoms with E-state index in [9.17, 15) is 99.9 Å². The lowest BCUT2D eigenvalue weighted by Crippen LogP contribution is -2.59. The maximum atomic E-state index is 12.7. The molecule has 25 heteroatoms. The Balaban J connectivity index is 0.000000654. The fourth-order valence-corrected chi connectivity index (χ4v) is 8.15. The first-order chi connectivity index (χ1) is 40.8. The number of carboxylic acid groups (broad SMARTS) is 3. The molecule has 3 amide bonds. The normalized spacial score (nSPS) is 14.7. The molecule has 0 aliphatic rings. The molecule has 0 heterocycles. The molecular weight excluding hydrogens is 1130 g/mol. The quantitative estimate of drug-likeness (QED) is 0.0135. The highest BCUT2D eigenvalue weighted by Crippen LogP contribution is 2.37. The van der Waals surface area contributed by atoms with Crippen LogP contribution in [0.5, 0.6) is 40.2 Å². The number of phenolic OH excluding ortho intramolecular Hbond substituents is 7. The maximum Gasteiger partial charge on any atom is 0.326 e. The van der Waals surface area contributed by atoms with Gasteiger partial charge in [0.2, 0.25) is 23.5 Å². The molecule has 87 heavy (non-hydrogen) atoms. The van der Waals surface area contributed by atoms with E-state index in [0.29, 0.717) is 24.0 Å². The van der Waals surface area contributed by atoms with Gasteiger partial charge >= 0.3 is 17.9 Å². The predicted octanol–water partition coefficient (Wildman–Crippen LogP) is 6.31. The number of phenols is 7. The summed E-state index contributed by atoms with van der Waals surface area (Å²) < 4.78 is 0. The number of amides is 3. The third-order valence-electron chi connectivity index (χ3n) is 14.0. The van der Waals surface area contributed by atoms with Crippen LogP contribution in [0.4, 0.5) is 0 Å². The van der Waals surface area contributed by atoms with Crippen molar-refractivity contribution < 1.29 is 99.9 Å². The van der Waals surface area contributed by atoms with Crippen molar-refractivity contribution in [1.82, 2.24) is 26.8 Å². The number of hydrazine groups is 1. The average molecular weight is 1220 g/mol. The van der Waals surface area contributed by atoms with Gasteiger partial charge < -0.3 is 82.3 Å². The molecule has 0 radical (unpaired) electrons. The molecule has 0 aliphatic carbocycles. The van der Waals surface area contributed by atoms with E-state index in [0.717, 1.165) is 19.3 Å². The van der Waals surface area contributed by atoms with E-state index in [-0.39, 0.29) is 66.7 Å². The molecule has 0 spiro atoms. The van der Waals surface area contributed by atoms with Gasteiger partial charge in [-0.15, -0.1) is 0 Å². The van der Waals surface area contributed by atoms with Crippen molar-refractivity contribution in [2.75, 3.05) is 13.2 Å². The number of carboxylic acids is 3. The number of benzene rings is 3. The van der Waals surface area contributed by atoms with Crippen LogP contribution in [0.15, 0.2) is 110 Å². The Hall–Kier alpha value is -9.07. The van der Waals surface area contributed by atoms with E-state index in [1.807, 2.05) is 51.2 Å². The highest BCUT2D eigenvalue weighted by atomic mass is 16.4. The van der Waals surface area contributed by atoms with Crippen molar-refractivity contribution in [1.29, 1.82) is 0 Å². The summed E-state index contributed by atoms with van der Waals surface area (Å²) in [5, 5.41) is 131. The predicted molar refractivity (Wildman–Crippen MR) is 322 cm³/mol. The van der Waals surface area contributed by atoms with Crippen molar-refractivity contribution in [3.05, 3.63) is 126 Å². The largest absolute Gasteiger partial charge is 0.513 e. The van der Waals surface area contributed by atoms with E-state index in [1.54, 1.807) is 19.9 Å². The molecule has 0 aliphatic heterocycles. The zero-order chi connectivity index (χ0) is 66.3. The van der Waals surface area contributed by atoms with Crippen molar-refractivity contribution >= 4 is 41.4 Å². The number of allylic oxidation sites excluding steroid dienone is 8. The Labute approximate surface area is 505 Å². The van der Waals surface area contributed by atoms with Crippen molar-refractivity contribution in [2.45, 2.75) is 124 Å². The summed E-state index contributed by atoms with van der Waals surface area (Å²) in [4.78, 5) is 85.0. The summed E-state index contributed by atoms with van der Waals surface area (Å²) in [6.45, 7) is 18.1. The first-order valence-corrected chi connectivity index (χ1v) is 28.0. The average Bonchev–Trinajstić information content (AvgIpc) is 3.54. The van der Waals surface area contributed by atoms with Crippen molar-refractivity contribution in [2.24, 2.45) is 35.5 Å². The number of nitrogens with one attached hydrogen (secondary N) is 5. The summed E-state index contributed by atoms with van der Waals surface area (Å²) in [6, 6.07) is 7.98. The molecular formula is C62H87N5O20. The smallest absolute Gasteiger partial charge is 0.326 e. The van der Waals surface area contributed by atoms with Crippen LogP contribution < -0.4 is 26.8 Å². The van der Waals surface area contributed by atoms with Crippen LogP contribution >= 0.6 is 0 Å². The summed E-state index contributed by atoms with van der Waals surface area (Å²) >= 11 is 0. The maximum absolute atomic E-state index is 12.7. The lowest BCUT2D eigenvalue weighted by molar-refractivity contribution is -0.147. The molecule has 8 unspecified atom stereocenters. The minimum absolute atomic E-state index is 0.00329. The first-order valence-electron chi connectivity index (χ1n) is 28.0. The number of hydrogen-bond donors (Lipinski definition) is 18. The molecule has 3 rings (SSSR count). The Morgan fingerprint density at radius 2 is 0.977 bits per heavy atom. The van der Waals surface area contributed by atoms with Crippen LogP contribution in [-0.2, 0) is 52.9 Å². The number of aromatic hydroxyl groups is 7. The second kappa shape index (κ2) is 38.1. The highest BCUT2D eigenvalue weighted by molar-refractivity contribution is 5.91. The van der Waals surface area contributed by atoms with E-state index in [1.165, 1.54) is 62.4 Å². The zero-order valence-electron chi connectivity index (χ0n) is 50.1. The molecule has 9 atom stereocenters. The van der Waals surface area contributed by atoms with Gasteiger partial charge in [-0.3, -0.25) is 34.2 Å². The Morgan fingerprint density at radius 1 is 0.540 bits per heavy atom. The molecule has 0 fully saturated rings. The van der Waals surface area contributed by atoms with Gasteiger partial charge in [0.05, 0.1) is 48.3 Å². The zero-order valence-corrected chi connectivity index (χ0v) is 50.1. The standard InChI is InChI=1S/C22H32N2O7.C21H30N2O6.C19H25NO7/c1-4-5-6-7-16(13(2)14(3)26)22(31)24-17(12-25)19(28)11-23-10-15-8-9-18(27)21(30)20(15)29;1-5-6-7-8-16(13(2)14(3)24)19(27)22-23-21(4,20(28)29)12-15-9-10-17(25)18(26)11-15;1-3-4-5-6-13(11(2)18(24)25)17(23)20-14(19(26)27)9-12-7-8-15(21)16(22)10-12/h5-6,8-9,13,16-17,23,25-27,29-30H,3-4,7,10-12H2,1-2H3,(H,24,31);6-7,9-11,13,16,23-26H,3,5,8,12H2,1-2,4H3,(H,22,27)(H,28,29);4-5,7-8,10-11,13-14,21-22H,3,6,9H2,1-2H3,(H,20,23)(H,24,25)(H,26,27)/b6-5+;7-6+;5-4+/t;;11?,13?,14-/m..1/s1. The summed E-state index contributed by atoms with van der Waals surface area (Å²) in [6.07, 6.45) is 14.0. The first kappa shape index (κ1) is 75.9. The van der Waals surface area contributed by atoms with Gasteiger partial charge in [0, 0.05) is 36.8 Å².